The van der Waals surface area contributed by atoms with Gasteiger partial charge in [-0.05, 0) is 6.26 Å². The zero-order valence-electron chi connectivity index (χ0n) is 4.94. The van der Waals surface area contributed by atoms with Gasteiger partial charge in [0.25, 0.3) is 0 Å². The van der Waals surface area contributed by atoms with Gasteiger partial charge in [0.05, 0.1) is 4.58 Å². The molecule has 0 amide bonds. The lowest BCUT2D eigenvalue weighted by Gasteiger charge is -1.99. The third-order valence-electron chi connectivity index (χ3n) is 0.886. The number of thiazole rings is 1. The second-order valence-corrected chi connectivity index (χ2v) is 4.19. The molecule has 1 aromatic rings. The molecule has 0 fully saturated rings. The maximum Gasteiger partial charge on any atom is 0.115 e. The van der Waals surface area contributed by atoms with Gasteiger partial charge in [0.1, 0.15) is 5.01 Å². The van der Waals surface area contributed by atoms with E-state index in [2.05, 4.69) is 17.6 Å². The molecule has 50 valence electrons. The first-order chi connectivity index (χ1) is 4.34. The van der Waals surface area contributed by atoms with Crippen molar-refractivity contribution >= 4 is 35.7 Å². The van der Waals surface area contributed by atoms with Crippen LogP contribution in [0.15, 0.2) is 11.6 Å². The van der Waals surface area contributed by atoms with Gasteiger partial charge in [0.2, 0.25) is 0 Å². The molecule has 0 saturated carbocycles. The predicted molar refractivity (Wildman–Crippen MR) is 47.4 cm³/mol. The fourth-order valence-electron chi connectivity index (χ4n) is 0.457. The van der Waals surface area contributed by atoms with E-state index >= 15 is 0 Å². The lowest BCUT2D eigenvalue weighted by atomic mass is 10.8. The summed E-state index contributed by atoms with van der Waals surface area (Å²) >= 11 is 7.64. The van der Waals surface area contributed by atoms with Crippen LogP contribution < -0.4 is 0 Å². The Morgan fingerprint density at radius 3 is 3.11 bits per heavy atom. The van der Waals surface area contributed by atoms with Gasteiger partial charge >= 0.3 is 0 Å². The van der Waals surface area contributed by atoms with Crippen LogP contribution in [-0.4, -0.2) is 11.2 Å². The lowest BCUT2D eigenvalue weighted by Crippen LogP contribution is -1.79. The Kier molecular flexibility index (Phi) is 2.88. The fraction of sp³-hybridized carbons (Fsp3) is 0.400. The van der Waals surface area contributed by atoms with Crippen molar-refractivity contribution in [3.63, 3.8) is 0 Å². The molecule has 1 unspecified atom stereocenters. The van der Waals surface area contributed by atoms with E-state index in [0.717, 1.165) is 5.01 Å². The van der Waals surface area contributed by atoms with Crippen LogP contribution in [0.4, 0.5) is 0 Å². The normalized spacial score (nSPS) is 13.6. The monoisotopic (exact) mass is 177 g/mol. The van der Waals surface area contributed by atoms with Crippen LogP contribution in [0.3, 0.4) is 0 Å². The molecule has 0 aromatic carbocycles. The highest BCUT2D eigenvalue weighted by Gasteiger charge is 2.04. The molecule has 1 aromatic heterocycles. The van der Waals surface area contributed by atoms with E-state index in [4.69, 9.17) is 0 Å². The second-order valence-electron chi connectivity index (χ2n) is 1.46. The third kappa shape index (κ3) is 1.88. The highest BCUT2D eigenvalue weighted by Crippen LogP contribution is 2.30. The summed E-state index contributed by atoms with van der Waals surface area (Å²) in [7, 11) is 0. The van der Waals surface area contributed by atoms with Crippen molar-refractivity contribution in [2.45, 2.75) is 4.58 Å². The SMILES string of the molecule is CSC(S)c1nccs1. The predicted octanol–water partition coefficient (Wildman–Crippen LogP) is 2.43. The molecule has 0 spiro atoms. The molecule has 9 heavy (non-hydrogen) atoms. The lowest BCUT2D eigenvalue weighted by molar-refractivity contribution is 1.26. The molecule has 1 atom stereocenters. The third-order valence-corrected chi connectivity index (χ3v) is 3.60. The second kappa shape index (κ2) is 3.49. The Hall–Kier alpha value is 0.330. The molecular formula is C5H7NS3. The smallest absolute Gasteiger partial charge is 0.115 e. The Labute approximate surface area is 68.3 Å². The zero-order valence-corrected chi connectivity index (χ0v) is 7.47. The summed E-state index contributed by atoms with van der Waals surface area (Å²) in [6, 6.07) is 0. The number of thioether (sulfide) groups is 1. The Morgan fingerprint density at radius 2 is 2.67 bits per heavy atom. The van der Waals surface area contributed by atoms with E-state index in [1.165, 1.54) is 0 Å². The van der Waals surface area contributed by atoms with E-state index in [9.17, 15) is 0 Å². The highest BCUT2D eigenvalue weighted by atomic mass is 32.2. The number of nitrogens with zero attached hydrogens (tertiary/aromatic N) is 1. The van der Waals surface area contributed by atoms with Gasteiger partial charge in [0.15, 0.2) is 0 Å². The van der Waals surface area contributed by atoms with Crippen LogP contribution in [0.5, 0.6) is 0 Å². The number of thiol groups is 1. The maximum atomic E-state index is 4.30. The van der Waals surface area contributed by atoms with Gasteiger partial charge in [-0.25, -0.2) is 4.98 Å². The molecule has 0 bridgehead atoms. The van der Waals surface area contributed by atoms with Gasteiger partial charge in [-0.2, -0.15) is 12.6 Å². The largest absolute Gasteiger partial charge is 0.248 e. The molecule has 1 rings (SSSR count). The fourth-order valence-corrected chi connectivity index (χ4v) is 1.92. The zero-order chi connectivity index (χ0) is 6.69. The molecule has 0 aliphatic rings. The van der Waals surface area contributed by atoms with E-state index in [-0.39, 0.29) is 4.58 Å². The molecule has 0 aliphatic carbocycles. The van der Waals surface area contributed by atoms with Crippen LogP contribution in [-0.2, 0) is 0 Å². The minimum atomic E-state index is 0.255. The Bertz CT molecular complexity index is 161. The molecule has 0 saturated heterocycles. The minimum Gasteiger partial charge on any atom is -0.248 e. The van der Waals surface area contributed by atoms with Crippen molar-refractivity contribution in [1.82, 2.24) is 4.98 Å². The molecule has 0 N–H and O–H groups in total. The van der Waals surface area contributed by atoms with Gasteiger partial charge in [-0.1, -0.05) is 0 Å². The first kappa shape index (κ1) is 7.44. The van der Waals surface area contributed by atoms with E-state index < -0.39 is 0 Å². The van der Waals surface area contributed by atoms with E-state index in [1.54, 1.807) is 29.3 Å². The number of hydrogen-bond donors (Lipinski definition) is 1. The molecule has 0 radical (unpaired) electrons. The molecule has 4 heteroatoms. The van der Waals surface area contributed by atoms with Crippen LogP contribution >= 0.6 is 35.7 Å². The van der Waals surface area contributed by atoms with Crippen molar-refractivity contribution in [3.05, 3.63) is 16.6 Å². The summed E-state index contributed by atoms with van der Waals surface area (Å²) in [5, 5.41) is 3.06. The van der Waals surface area contributed by atoms with Crippen molar-refractivity contribution in [1.29, 1.82) is 0 Å². The first-order valence-corrected chi connectivity index (χ1v) is 5.13. The van der Waals surface area contributed by atoms with Gasteiger partial charge in [0, 0.05) is 11.6 Å². The summed E-state index contributed by atoms with van der Waals surface area (Å²) in [6.45, 7) is 0. The molecule has 1 nitrogen and oxygen atoms in total. The van der Waals surface area contributed by atoms with Crippen molar-refractivity contribution in [2.75, 3.05) is 6.26 Å². The minimum absolute atomic E-state index is 0.255. The van der Waals surface area contributed by atoms with Crippen LogP contribution in [0.1, 0.15) is 9.59 Å². The van der Waals surface area contributed by atoms with Gasteiger partial charge in [-0.3, -0.25) is 0 Å². The van der Waals surface area contributed by atoms with E-state index in [1.807, 2.05) is 11.6 Å². The Morgan fingerprint density at radius 1 is 1.89 bits per heavy atom. The Balaban J connectivity index is 2.65. The maximum absolute atomic E-state index is 4.30. The topological polar surface area (TPSA) is 12.9 Å². The quantitative estimate of drug-likeness (QED) is 0.550. The van der Waals surface area contributed by atoms with Gasteiger partial charge in [-0.15, -0.1) is 23.1 Å². The van der Waals surface area contributed by atoms with E-state index in [0.29, 0.717) is 0 Å². The average Bonchev–Trinajstić information content (AvgIpc) is 2.37. The standard InChI is InChI=1S/C5H7NS3/c1-8-5(7)4-6-2-3-9-4/h2-3,5,7H,1H3. The summed E-state index contributed by atoms with van der Waals surface area (Å²) < 4.78 is 0.255. The van der Waals surface area contributed by atoms with Crippen molar-refractivity contribution in [2.24, 2.45) is 0 Å². The van der Waals surface area contributed by atoms with Crippen LogP contribution in [0.25, 0.3) is 0 Å². The summed E-state index contributed by atoms with van der Waals surface area (Å²) in [5.74, 6) is 0. The first-order valence-electron chi connectivity index (χ1n) is 2.45. The number of aromatic nitrogens is 1. The highest BCUT2D eigenvalue weighted by molar-refractivity contribution is 8.09. The van der Waals surface area contributed by atoms with Gasteiger partial charge < -0.3 is 0 Å². The summed E-state index contributed by atoms with van der Waals surface area (Å²) in [6.07, 6.45) is 3.83. The number of hydrogen-bond acceptors (Lipinski definition) is 4. The average molecular weight is 177 g/mol. The summed E-state index contributed by atoms with van der Waals surface area (Å²) in [5.41, 5.74) is 0. The van der Waals surface area contributed by atoms with Crippen LogP contribution in [0.2, 0.25) is 0 Å². The molecule has 1 heterocycles. The number of rotatable bonds is 2. The molecule has 0 aliphatic heterocycles. The van der Waals surface area contributed by atoms with Crippen molar-refractivity contribution in [3.8, 4) is 0 Å². The van der Waals surface area contributed by atoms with Crippen LogP contribution in [0, 0.1) is 0 Å². The van der Waals surface area contributed by atoms with Crippen molar-refractivity contribution < 1.29 is 0 Å². The summed E-state index contributed by atoms with van der Waals surface area (Å²) in [4.78, 5) is 4.11. The molecular weight excluding hydrogens is 170 g/mol.